The molecule has 0 aromatic rings. The Bertz CT molecular complexity index is 278. The van der Waals surface area contributed by atoms with Crippen molar-refractivity contribution in [1.82, 2.24) is 0 Å². The van der Waals surface area contributed by atoms with E-state index in [2.05, 4.69) is 26.9 Å². The molecule has 0 N–H and O–H groups in total. The van der Waals surface area contributed by atoms with Crippen LogP contribution in [0.5, 0.6) is 0 Å². The van der Waals surface area contributed by atoms with Crippen LogP contribution in [0.15, 0.2) is 0 Å². The van der Waals surface area contributed by atoms with Crippen LogP contribution in [0.4, 0.5) is 0 Å². The highest BCUT2D eigenvalue weighted by molar-refractivity contribution is 6.80. The first-order valence-electron chi connectivity index (χ1n) is 8.99. The number of hydrogen-bond acceptors (Lipinski definition) is 4. The number of rotatable bonds is 14. The summed E-state index contributed by atoms with van der Waals surface area (Å²) in [6.45, 7) is 9.12. The van der Waals surface area contributed by atoms with Gasteiger partial charge in [-0.15, -0.1) is 0 Å². The smallest absolute Gasteiger partial charge is 0.334 e. The predicted octanol–water partition coefficient (Wildman–Crippen LogP) is 4.98. The fraction of sp³-hybridized carbons (Fsp3) is 1.00. The van der Waals surface area contributed by atoms with Crippen molar-refractivity contribution in [2.45, 2.75) is 76.0 Å². The summed E-state index contributed by atoms with van der Waals surface area (Å²) < 4.78 is 22.5. The van der Waals surface area contributed by atoms with Crippen molar-refractivity contribution in [3.63, 3.8) is 0 Å². The van der Waals surface area contributed by atoms with Crippen LogP contribution in [0.1, 0.15) is 26.7 Å². The van der Waals surface area contributed by atoms with Gasteiger partial charge in [-0.25, -0.2) is 0 Å². The van der Waals surface area contributed by atoms with Crippen LogP contribution in [0.25, 0.3) is 0 Å². The molecule has 0 heterocycles. The highest BCUT2D eigenvalue weighted by Crippen LogP contribution is 2.32. The summed E-state index contributed by atoms with van der Waals surface area (Å²) in [6, 6.07) is 7.76. The summed E-state index contributed by atoms with van der Waals surface area (Å²) >= 11 is 0. The summed E-state index contributed by atoms with van der Waals surface area (Å²) in [7, 11) is 2.19. The molecule has 23 heavy (non-hydrogen) atoms. The maximum Gasteiger partial charge on any atom is 0.334 e. The molecule has 0 rings (SSSR count). The van der Waals surface area contributed by atoms with Gasteiger partial charge in [0.2, 0.25) is 0 Å². The van der Waals surface area contributed by atoms with Crippen LogP contribution >= 0.6 is 0 Å². The molecule has 0 saturated carbocycles. The van der Waals surface area contributed by atoms with E-state index in [9.17, 15) is 0 Å². The Morgan fingerprint density at radius 2 is 0.870 bits per heavy atom. The molecule has 0 aliphatic carbocycles. The van der Waals surface area contributed by atoms with Gasteiger partial charge in [-0.2, -0.15) is 0 Å². The first-order valence-corrected chi connectivity index (χ1v) is 16.9. The average Bonchev–Trinajstić information content (AvgIpc) is 2.60. The van der Waals surface area contributed by atoms with Gasteiger partial charge in [-0.3, -0.25) is 0 Å². The van der Waals surface area contributed by atoms with Gasteiger partial charge in [-0.05, 0) is 25.2 Å². The molecule has 0 unspecified atom stereocenters. The van der Waals surface area contributed by atoms with Crippen LogP contribution in [0, 0.1) is 0 Å². The van der Waals surface area contributed by atoms with E-state index in [-0.39, 0.29) is 0 Å². The van der Waals surface area contributed by atoms with Crippen molar-refractivity contribution in [2.24, 2.45) is 0 Å². The average molecular weight is 381 g/mol. The molecule has 0 aliphatic rings. The molecule has 0 fully saturated rings. The lowest BCUT2D eigenvalue weighted by Gasteiger charge is -2.32. The monoisotopic (exact) mass is 380 g/mol. The molecular weight excluding hydrogens is 340 g/mol. The minimum absolute atomic E-state index is 1.11. The minimum atomic E-state index is -1.91. The molecule has 0 atom stereocenters. The summed E-state index contributed by atoms with van der Waals surface area (Å²) in [4.78, 5) is 0. The van der Waals surface area contributed by atoms with Gasteiger partial charge >= 0.3 is 17.1 Å². The molecule has 0 saturated heterocycles. The van der Waals surface area contributed by atoms with E-state index in [1.54, 1.807) is 28.4 Å². The van der Waals surface area contributed by atoms with Crippen molar-refractivity contribution in [3.05, 3.63) is 0 Å². The standard InChI is InChI=1S/C16H40O4Si3/c1-9-23(10-2,15-11-13-21(7,17-3)18-4)16-12-14-22(8,19-5)20-6/h9-16H2,1-8H3. The van der Waals surface area contributed by atoms with E-state index in [1.165, 1.54) is 37.0 Å². The lowest BCUT2D eigenvalue weighted by Crippen LogP contribution is -2.39. The lowest BCUT2D eigenvalue weighted by molar-refractivity contribution is 0.249. The fourth-order valence-corrected chi connectivity index (χ4v) is 10.7. The van der Waals surface area contributed by atoms with Gasteiger partial charge in [-0.1, -0.05) is 50.9 Å². The lowest BCUT2D eigenvalue weighted by atomic mass is 10.5. The molecule has 0 bridgehead atoms. The van der Waals surface area contributed by atoms with Crippen molar-refractivity contribution in [1.29, 1.82) is 0 Å². The van der Waals surface area contributed by atoms with E-state index < -0.39 is 25.2 Å². The summed E-state index contributed by atoms with van der Waals surface area (Å²) in [5.41, 5.74) is 0. The molecule has 0 amide bonds. The highest BCUT2D eigenvalue weighted by Gasteiger charge is 2.34. The van der Waals surface area contributed by atoms with Gasteiger partial charge in [0.05, 0.1) is 8.07 Å². The molecule has 0 aliphatic heterocycles. The second-order valence-corrected chi connectivity index (χ2v) is 19.6. The SMILES string of the molecule is CC[Si](CC)(CCC[Si](C)(OC)OC)CCC[Si](C)(OC)OC. The van der Waals surface area contributed by atoms with Crippen LogP contribution in [-0.2, 0) is 17.7 Å². The normalized spacial score (nSPS) is 13.6. The summed E-state index contributed by atoms with van der Waals surface area (Å²) in [5, 5.41) is 0. The maximum atomic E-state index is 5.63. The Morgan fingerprint density at radius 1 is 0.565 bits per heavy atom. The second kappa shape index (κ2) is 11.2. The van der Waals surface area contributed by atoms with Gasteiger partial charge in [0.25, 0.3) is 0 Å². The zero-order chi connectivity index (χ0) is 18.0. The topological polar surface area (TPSA) is 36.9 Å². The van der Waals surface area contributed by atoms with Crippen LogP contribution in [0.3, 0.4) is 0 Å². The van der Waals surface area contributed by atoms with E-state index in [1.807, 2.05) is 0 Å². The minimum Gasteiger partial charge on any atom is -0.398 e. The van der Waals surface area contributed by atoms with E-state index in [0.29, 0.717) is 0 Å². The van der Waals surface area contributed by atoms with Crippen molar-refractivity contribution in [2.75, 3.05) is 28.4 Å². The van der Waals surface area contributed by atoms with Crippen LogP contribution in [0.2, 0.25) is 49.4 Å². The van der Waals surface area contributed by atoms with Gasteiger partial charge in [0, 0.05) is 28.4 Å². The molecule has 0 aromatic heterocycles. The Morgan fingerprint density at radius 3 is 1.09 bits per heavy atom. The Balaban J connectivity index is 4.51. The van der Waals surface area contributed by atoms with E-state index in [0.717, 1.165) is 12.1 Å². The molecule has 140 valence electrons. The maximum absolute atomic E-state index is 5.63. The molecule has 7 heteroatoms. The predicted molar refractivity (Wildman–Crippen MR) is 106 cm³/mol. The van der Waals surface area contributed by atoms with Crippen LogP contribution in [-0.4, -0.2) is 53.6 Å². The molecular formula is C16H40O4Si3. The highest BCUT2D eigenvalue weighted by atomic mass is 28.4. The quantitative estimate of drug-likeness (QED) is 0.398. The largest absolute Gasteiger partial charge is 0.398 e. The molecule has 4 nitrogen and oxygen atoms in total. The first-order chi connectivity index (χ1) is 10.8. The van der Waals surface area contributed by atoms with Crippen LogP contribution < -0.4 is 0 Å². The van der Waals surface area contributed by atoms with Gasteiger partial charge in [0.15, 0.2) is 0 Å². The third kappa shape index (κ3) is 7.94. The molecule has 0 spiro atoms. The van der Waals surface area contributed by atoms with Gasteiger partial charge < -0.3 is 17.7 Å². The molecule has 0 aromatic carbocycles. The summed E-state index contributed by atoms with van der Waals surface area (Å²) in [5.74, 6) is 0. The number of hydrogen-bond donors (Lipinski definition) is 0. The Labute approximate surface area is 147 Å². The molecule has 0 radical (unpaired) electrons. The zero-order valence-electron chi connectivity index (χ0n) is 16.8. The zero-order valence-corrected chi connectivity index (χ0v) is 19.8. The third-order valence-corrected chi connectivity index (χ3v) is 17.7. The summed E-state index contributed by atoms with van der Waals surface area (Å²) in [6.07, 6.45) is 2.50. The first kappa shape index (κ1) is 23.5. The third-order valence-electron chi connectivity index (χ3n) is 5.90. The van der Waals surface area contributed by atoms with Crippen molar-refractivity contribution in [3.8, 4) is 0 Å². The van der Waals surface area contributed by atoms with E-state index in [4.69, 9.17) is 17.7 Å². The van der Waals surface area contributed by atoms with Gasteiger partial charge in [0.1, 0.15) is 0 Å². The fourth-order valence-electron chi connectivity index (χ4n) is 3.23. The Hall–Kier alpha value is 0.491. The van der Waals surface area contributed by atoms with E-state index >= 15 is 0 Å². The Kier molecular flexibility index (Phi) is 11.4. The van der Waals surface area contributed by atoms with Crippen molar-refractivity contribution < 1.29 is 17.7 Å². The second-order valence-electron chi connectivity index (χ2n) is 7.00. The van der Waals surface area contributed by atoms with Crippen molar-refractivity contribution >= 4 is 25.2 Å².